The van der Waals surface area contributed by atoms with Gasteiger partial charge in [0.15, 0.2) is 11.5 Å². The van der Waals surface area contributed by atoms with Crippen LogP contribution in [0.4, 0.5) is 11.4 Å². The first-order valence-electron chi connectivity index (χ1n) is 12.2. The number of benzene rings is 3. The number of hydrogen-bond donors (Lipinski definition) is 2. The minimum absolute atomic E-state index is 0.0743. The van der Waals surface area contributed by atoms with E-state index in [4.69, 9.17) is 9.47 Å². The molecule has 6 nitrogen and oxygen atoms in total. The number of rotatable bonds is 8. The molecule has 35 heavy (non-hydrogen) atoms. The van der Waals surface area contributed by atoms with Crippen molar-refractivity contribution in [3.8, 4) is 11.5 Å². The van der Waals surface area contributed by atoms with Crippen LogP contribution >= 0.6 is 0 Å². The molecule has 4 rings (SSSR count). The predicted molar refractivity (Wildman–Crippen MR) is 142 cm³/mol. The fourth-order valence-electron chi connectivity index (χ4n) is 4.71. The molecule has 0 spiro atoms. The van der Waals surface area contributed by atoms with Crippen LogP contribution in [-0.4, -0.2) is 39.3 Å². The molecule has 1 heterocycles. The molecule has 1 aliphatic heterocycles. The first-order valence-corrected chi connectivity index (χ1v) is 12.2. The third-order valence-corrected chi connectivity index (χ3v) is 6.68. The molecule has 3 aromatic rings. The van der Waals surface area contributed by atoms with Crippen molar-refractivity contribution in [3.05, 3.63) is 82.9 Å². The Labute approximate surface area is 208 Å². The van der Waals surface area contributed by atoms with Crippen molar-refractivity contribution in [2.24, 2.45) is 0 Å². The lowest BCUT2D eigenvalue weighted by atomic mass is 10.0. The lowest BCUT2D eigenvalue weighted by Gasteiger charge is -2.34. The summed E-state index contributed by atoms with van der Waals surface area (Å²) >= 11 is 0. The van der Waals surface area contributed by atoms with E-state index in [1.807, 2.05) is 56.3 Å². The van der Waals surface area contributed by atoms with E-state index < -0.39 is 0 Å². The zero-order valence-electron chi connectivity index (χ0n) is 21.1. The van der Waals surface area contributed by atoms with Gasteiger partial charge in [0.25, 0.3) is 5.91 Å². The highest BCUT2D eigenvalue weighted by Crippen LogP contribution is 2.31. The second-order valence-electron chi connectivity index (χ2n) is 9.11. The highest BCUT2D eigenvalue weighted by molar-refractivity contribution is 6.05. The minimum Gasteiger partial charge on any atom is -0.493 e. The number of nitrogens with zero attached hydrogens (tertiary/aromatic N) is 1. The van der Waals surface area contributed by atoms with E-state index in [1.54, 1.807) is 14.2 Å². The SMILES string of the molecule is COc1cccc(CNC2CCN(c3ccc(NC(=O)c4ccc(C)cc4C)cc3)CC2)c1OC. The summed E-state index contributed by atoms with van der Waals surface area (Å²) in [6.45, 7) is 6.73. The van der Waals surface area contributed by atoms with Gasteiger partial charge in [-0.1, -0.05) is 29.8 Å². The molecule has 1 saturated heterocycles. The van der Waals surface area contributed by atoms with Gasteiger partial charge in [-0.2, -0.15) is 0 Å². The second-order valence-corrected chi connectivity index (χ2v) is 9.11. The predicted octanol–water partition coefficient (Wildman–Crippen LogP) is 5.33. The molecule has 0 aromatic heterocycles. The summed E-state index contributed by atoms with van der Waals surface area (Å²) in [6, 6.07) is 20.5. The fraction of sp³-hybridized carbons (Fsp3) is 0.345. The molecular weight excluding hydrogens is 438 g/mol. The molecule has 6 heteroatoms. The first-order chi connectivity index (χ1) is 17.0. The quantitative estimate of drug-likeness (QED) is 0.463. The Hall–Kier alpha value is -3.51. The van der Waals surface area contributed by atoms with Crippen molar-refractivity contribution in [2.75, 3.05) is 37.5 Å². The largest absolute Gasteiger partial charge is 0.493 e. The smallest absolute Gasteiger partial charge is 0.255 e. The number of anilines is 2. The summed E-state index contributed by atoms with van der Waals surface area (Å²) in [5, 5.41) is 6.70. The minimum atomic E-state index is -0.0743. The standard InChI is InChI=1S/C29H35N3O3/c1-20-8-13-26(21(2)18-20)29(33)31-24-9-11-25(12-10-24)32-16-14-23(15-17-32)30-19-22-6-5-7-27(34-3)28(22)35-4/h5-13,18,23,30H,14-17,19H2,1-4H3,(H,31,33). The maximum atomic E-state index is 12.7. The monoisotopic (exact) mass is 473 g/mol. The van der Waals surface area contributed by atoms with E-state index in [9.17, 15) is 4.79 Å². The van der Waals surface area contributed by atoms with Crippen LogP contribution in [0, 0.1) is 13.8 Å². The van der Waals surface area contributed by atoms with Crippen molar-refractivity contribution >= 4 is 17.3 Å². The lowest BCUT2D eigenvalue weighted by molar-refractivity contribution is 0.102. The Morgan fingerprint density at radius 2 is 1.71 bits per heavy atom. The van der Waals surface area contributed by atoms with Gasteiger partial charge < -0.3 is 25.0 Å². The van der Waals surface area contributed by atoms with Crippen molar-refractivity contribution in [2.45, 2.75) is 39.3 Å². The van der Waals surface area contributed by atoms with Gasteiger partial charge in [0.1, 0.15) is 0 Å². The topological polar surface area (TPSA) is 62.8 Å². The number of methoxy groups -OCH3 is 2. The summed E-state index contributed by atoms with van der Waals surface area (Å²) in [7, 11) is 3.34. The zero-order chi connectivity index (χ0) is 24.8. The van der Waals surface area contributed by atoms with Gasteiger partial charge in [0.2, 0.25) is 0 Å². The molecule has 1 fully saturated rings. The van der Waals surface area contributed by atoms with Crippen LogP contribution in [0.5, 0.6) is 11.5 Å². The Morgan fingerprint density at radius 1 is 0.971 bits per heavy atom. The fourth-order valence-corrected chi connectivity index (χ4v) is 4.71. The number of amides is 1. The molecule has 1 aliphatic rings. The number of ether oxygens (including phenoxy) is 2. The molecule has 3 aromatic carbocycles. The molecule has 0 unspecified atom stereocenters. The zero-order valence-corrected chi connectivity index (χ0v) is 21.1. The Bertz CT molecular complexity index is 1150. The highest BCUT2D eigenvalue weighted by Gasteiger charge is 2.20. The van der Waals surface area contributed by atoms with Crippen LogP contribution in [0.15, 0.2) is 60.7 Å². The number of para-hydroxylation sites is 1. The summed E-state index contributed by atoms with van der Waals surface area (Å²) in [6.07, 6.45) is 2.13. The third-order valence-electron chi connectivity index (χ3n) is 6.68. The number of carbonyl (C=O) groups excluding carboxylic acids is 1. The van der Waals surface area contributed by atoms with Crippen molar-refractivity contribution in [1.82, 2.24) is 5.32 Å². The molecule has 0 atom stereocenters. The Kier molecular flexibility index (Phi) is 7.93. The Balaban J connectivity index is 1.28. The molecule has 184 valence electrons. The lowest BCUT2D eigenvalue weighted by Crippen LogP contribution is -2.42. The van der Waals surface area contributed by atoms with Crippen molar-refractivity contribution in [1.29, 1.82) is 0 Å². The van der Waals surface area contributed by atoms with E-state index >= 15 is 0 Å². The third kappa shape index (κ3) is 5.95. The molecule has 0 bridgehead atoms. The summed E-state index contributed by atoms with van der Waals surface area (Å²) < 4.78 is 11.0. The normalized spacial score (nSPS) is 14.0. The summed E-state index contributed by atoms with van der Waals surface area (Å²) in [5.74, 6) is 1.48. The number of aryl methyl sites for hydroxylation is 2. The van der Waals surface area contributed by atoms with Gasteiger partial charge in [0, 0.05) is 48.2 Å². The maximum absolute atomic E-state index is 12.7. The van der Waals surface area contributed by atoms with Gasteiger partial charge in [-0.05, 0) is 68.7 Å². The van der Waals surface area contributed by atoms with E-state index in [-0.39, 0.29) is 5.91 Å². The van der Waals surface area contributed by atoms with Crippen LogP contribution in [0.2, 0.25) is 0 Å². The van der Waals surface area contributed by atoms with Crippen LogP contribution in [0.1, 0.15) is 39.9 Å². The van der Waals surface area contributed by atoms with E-state index in [2.05, 4.69) is 33.7 Å². The van der Waals surface area contributed by atoms with Gasteiger partial charge in [0.05, 0.1) is 14.2 Å². The number of hydrogen-bond acceptors (Lipinski definition) is 5. The van der Waals surface area contributed by atoms with Gasteiger partial charge in [-0.3, -0.25) is 4.79 Å². The van der Waals surface area contributed by atoms with Crippen LogP contribution in [-0.2, 0) is 6.54 Å². The van der Waals surface area contributed by atoms with Gasteiger partial charge in [-0.25, -0.2) is 0 Å². The molecule has 2 N–H and O–H groups in total. The van der Waals surface area contributed by atoms with Crippen molar-refractivity contribution in [3.63, 3.8) is 0 Å². The number of nitrogens with one attached hydrogen (secondary N) is 2. The first kappa shape index (κ1) is 24.6. The molecule has 1 amide bonds. The van der Waals surface area contributed by atoms with E-state index in [1.165, 1.54) is 5.69 Å². The van der Waals surface area contributed by atoms with Crippen molar-refractivity contribution < 1.29 is 14.3 Å². The highest BCUT2D eigenvalue weighted by atomic mass is 16.5. The maximum Gasteiger partial charge on any atom is 0.255 e. The molecular formula is C29H35N3O3. The number of piperidine rings is 1. The van der Waals surface area contributed by atoms with E-state index in [0.717, 1.165) is 66.4 Å². The average Bonchev–Trinajstić information content (AvgIpc) is 2.87. The average molecular weight is 474 g/mol. The molecule has 0 radical (unpaired) electrons. The van der Waals surface area contributed by atoms with E-state index in [0.29, 0.717) is 11.6 Å². The summed E-state index contributed by atoms with van der Waals surface area (Å²) in [4.78, 5) is 15.1. The molecule has 0 aliphatic carbocycles. The molecule has 0 saturated carbocycles. The number of carbonyl (C=O) groups is 1. The van der Waals surface area contributed by atoms with Gasteiger partial charge >= 0.3 is 0 Å². The van der Waals surface area contributed by atoms with Gasteiger partial charge in [-0.15, -0.1) is 0 Å². The van der Waals surface area contributed by atoms with Crippen LogP contribution < -0.4 is 25.0 Å². The van der Waals surface area contributed by atoms with Crippen LogP contribution in [0.25, 0.3) is 0 Å². The Morgan fingerprint density at radius 3 is 2.37 bits per heavy atom. The van der Waals surface area contributed by atoms with Crippen LogP contribution in [0.3, 0.4) is 0 Å². The second kappa shape index (κ2) is 11.3. The summed E-state index contributed by atoms with van der Waals surface area (Å²) in [5.41, 5.74) is 5.95.